The summed E-state index contributed by atoms with van der Waals surface area (Å²) in [4.78, 5) is 14.8. The molecule has 134 valence electrons. The van der Waals surface area contributed by atoms with Gasteiger partial charge in [-0.15, -0.1) is 0 Å². The first-order valence-electron chi connectivity index (χ1n) is 8.76. The molecule has 0 spiro atoms. The third-order valence-corrected chi connectivity index (χ3v) is 4.54. The lowest BCUT2D eigenvalue weighted by Gasteiger charge is -2.21. The molecule has 0 aliphatic heterocycles. The van der Waals surface area contributed by atoms with E-state index < -0.39 is 0 Å². The monoisotopic (exact) mass is 367 g/mol. The van der Waals surface area contributed by atoms with E-state index in [1.54, 1.807) is 17.1 Å². The highest BCUT2D eigenvalue weighted by Crippen LogP contribution is 2.17. The number of hydrogen-bond donors (Lipinski definition) is 0. The molecule has 0 N–H and O–H groups in total. The van der Waals surface area contributed by atoms with E-state index in [9.17, 15) is 4.79 Å². The Hall–Kier alpha value is -2.59. The minimum absolute atomic E-state index is 0.00103. The molecule has 0 atom stereocenters. The molecule has 2 aromatic carbocycles. The lowest BCUT2D eigenvalue weighted by molar-refractivity contribution is 0.0743. The summed E-state index contributed by atoms with van der Waals surface area (Å²) in [6.45, 7) is 3.93. The van der Waals surface area contributed by atoms with Gasteiger partial charge in [0.15, 0.2) is 0 Å². The average molecular weight is 368 g/mol. The van der Waals surface area contributed by atoms with Crippen LogP contribution in [0.1, 0.15) is 34.8 Å². The van der Waals surface area contributed by atoms with Crippen LogP contribution in [0.2, 0.25) is 5.02 Å². The highest BCUT2D eigenvalue weighted by Gasteiger charge is 2.17. The number of amides is 1. The Kier molecular flexibility index (Phi) is 6.08. The Morgan fingerprint density at radius 3 is 2.58 bits per heavy atom. The molecule has 0 saturated heterocycles. The van der Waals surface area contributed by atoms with Gasteiger partial charge in [0.05, 0.1) is 18.3 Å². The molecule has 0 saturated carbocycles. The molecular weight excluding hydrogens is 346 g/mol. The van der Waals surface area contributed by atoms with Crippen molar-refractivity contribution in [3.05, 3.63) is 88.7 Å². The zero-order chi connectivity index (χ0) is 18.4. The molecular formula is C21H22ClN3O. The Morgan fingerprint density at radius 1 is 1.12 bits per heavy atom. The van der Waals surface area contributed by atoms with E-state index in [4.69, 9.17) is 11.6 Å². The third-order valence-electron chi connectivity index (χ3n) is 4.17. The van der Waals surface area contributed by atoms with Crippen molar-refractivity contribution >= 4 is 17.5 Å². The molecule has 1 aromatic heterocycles. The molecule has 4 nitrogen and oxygen atoms in total. The Morgan fingerprint density at radius 2 is 1.85 bits per heavy atom. The van der Waals surface area contributed by atoms with Crippen molar-refractivity contribution in [2.45, 2.75) is 26.4 Å². The number of aromatic nitrogens is 2. The van der Waals surface area contributed by atoms with E-state index >= 15 is 0 Å². The van der Waals surface area contributed by atoms with Crippen molar-refractivity contribution in [3.63, 3.8) is 0 Å². The molecule has 0 bridgehead atoms. The van der Waals surface area contributed by atoms with Gasteiger partial charge in [-0.1, -0.05) is 67.1 Å². The molecule has 5 heteroatoms. The van der Waals surface area contributed by atoms with Crippen LogP contribution in [0, 0.1) is 0 Å². The first-order chi connectivity index (χ1) is 12.7. The second kappa shape index (κ2) is 8.68. The molecule has 0 aliphatic carbocycles. The second-order valence-corrected chi connectivity index (χ2v) is 6.64. The van der Waals surface area contributed by atoms with Gasteiger partial charge in [0, 0.05) is 24.3 Å². The highest BCUT2D eigenvalue weighted by molar-refractivity contribution is 6.31. The fourth-order valence-electron chi connectivity index (χ4n) is 2.87. The van der Waals surface area contributed by atoms with Crippen LogP contribution in [0.5, 0.6) is 0 Å². The molecule has 3 rings (SSSR count). The van der Waals surface area contributed by atoms with Crippen LogP contribution in [-0.2, 0) is 13.1 Å². The number of halogens is 1. The van der Waals surface area contributed by atoms with E-state index in [0.717, 1.165) is 17.5 Å². The molecule has 1 heterocycles. The number of hydrogen-bond acceptors (Lipinski definition) is 2. The van der Waals surface area contributed by atoms with Crippen LogP contribution in [0.25, 0.3) is 0 Å². The van der Waals surface area contributed by atoms with Crippen LogP contribution in [0.3, 0.4) is 0 Å². The van der Waals surface area contributed by atoms with Crippen LogP contribution in [-0.4, -0.2) is 27.1 Å². The summed E-state index contributed by atoms with van der Waals surface area (Å²) < 4.78 is 1.75. The summed E-state index contributed by atoms with van der Waals surface area (Å²) in [7, 11) is 0. The summed E-state index contributed by atoms with van der Waals surface area (Å²) in [5, 5.41) is 5.04. The van der Waals surface area contributed by atoms with E-state index in [1.165, 1.54) is 0 Å². The quantitative estimate of drug-likeness (QED) is 0.610. The van der Waals surface area contributed by atoms with Gasteiger partial charge in [-0.05, 0) is 23.6 Å². The Balaban J connectivity index is 1.73. The maximum Gasteiger partial charge on any atom is 0.257 e. The first kappa shape index (κ1) is 18.2. The lowest BCUT2D eigenvalue weighted by atomic mass is 10.2. The first-order valence-corrected chi connectivity index (χ1v) is 9.14. The fourth-order valence-corrected chi connectivity index (χ4v) is 3.07. The van der Waals surface area contributed by atoms with Gasteiger partial charge in [0.2, 0.25) is 0 Å². The predicted octanol–water partition coefficient (Wildman–Crippen LogP) is 4.64. The van der Waals surface area contributed by atoms with Crippen molar-refractivity contribution in [2.24, 2.45) is 0 Å². The number of carbonyl (C=O) groups is 1. The summed E-state index contributed by atoms with van der Waals surface area (Å²) >= 11 is 6.21. The zero-order valence-electron chi connectivity index (χ0n) is 14.8. The van der Waals surface area contributed by atoms with Gasteiger partial charge in [-0.25, -0.2) is 0 Å². The van der Waals surface area contributed by atoms with Crippen LogP contribution < -0.4 is 0 Å². The standard InChI is InChI=1S/C21H22ClN3O/c1-2-12-24(14-17-8-4-3-5-9-17)21(26)19-13-23-25(16-19)15-18-10-6-7-11-20(18)22/h3-11,13,16H,2,12,14-15H2,1H3. The lowest BCUT2D eigenvalue weighted by Crippen LogP contribution is -2.31. The Labute approximate surface area is 159 Å². The summed E-state index contributed by atoms with van der Waals surface area (Å²) in [5.74, 6) is 0.00103. The summed E-state index contributed by atoms with van der Waals surface area (Å²) in [6, 6.07) is 17.7. The van der Waals surface area contributed by atoms with Gasteiger partial charge in [-0.2, -0.15) is 5.10 Å². The summed E-state index contributed by atoms with van der Waals surface area (Å²) in [5.41, 5.74) is 2.70. The predicted molar refractivity (Wildman–Crippen MR) is 104 cm³/mol. The normalized spacial score (nSPS) is 10.7. The van der Waals surface area contributed by atoms with Crippen molar-refractivity contribution in [2.75, 3.05) is 6.54 Å². The maximum atomic E-state index is 12.9. The maximum absolute atomic E-state index is 12.9. The van der Waals surface area contributed by atoms with Crippen molar-refractivity contribution < 1.29 is 4.79 Å². The van der Waals surface area contributed by atoms with E-state index in [-0.39, 0.29) is 5.91 Å². The SMILES string of the molecule is CCCN(Cc1ccccc1)C(=O)c1cnn(Cc2ccccc2Cl)c1. The average Bonchev–Trinajstić information content (AvgIpc) is 3.12. The molecule has 0 fully saturated rings. The van der Waals surface area contributed by atoms with E-state index in [1.807, 2.05) is 59.5 Å². The van der Waals surface area contributed by atoms with E-state index in [0.29, 0.717) is 30.2 Å². The van der Waals surface area contributed by atoms with Crippen LogP contribution >= 0.6 is 11.6 Å². The number of rotatable bonds is 7. The van der Waals surface area contributed by atoms with Crippen molar-refractivity contribution in [1.82, 2.24) is 14.7 Å². The van der Waals surface area contributed by atoms with Gasteiger partial charge in [-0.3, -0.25) is 9.48 Å². The summed E-state index contributed by atoms with van der Waals surface area (Å²) in [6.07, 6.45) is 4.33. The van der Waals surface area contributed by atoms with Gasteiger partial charge >= 0.3 is 0 Å². The minimum Gasteiger partial charge on any atom is -0.334 e. The highest BCUT2D eigenvalue weighted by atomic mass is 35.5. The van der Waals surface area contributed by atoms with Gasteiger partial charge in [0.25, 0.3) is 5.91 Å². The second-order valence-electron chi connectivity index (χ2n) is 6.23. The van der Waals surface area contributed by atoms with Gasteiger partial charge < -0.3 is 4.90 Å². The number of carbonyl (C=O) groups excluding carboxylic acids is 1. The molecule has 0 unspecified atom stereocenters. The smallest absolute Gasteiger partial charge is 0.257 e. The van der Waals surface area contributed by atoms with Crippen LogP contribution in [0.4, 0.5) is 0 Å². The molecule has 0 radical (unpaired) electrons. The van der Waals surface area contributed by atoms with Gasteiger partial charge in [0.1, 0.15) is 0 Å². The molecule has 0 aliphatic rings. The molecule has 26 heavy (non-hydrogen) atoms. The number of nitrogens with zero attached hydrogens (tertiary/aromatic N) is 3. The zero-order valence-corrected chi connectivity index (χ0v) is 15.6. The molecule has 3 aromatic rings. The molecule has 1 amide bonds. The van der Waals surface area contributed by atoms with E-state index in [2.05, 4.69) is 12.0 Å². The van der Waals surface area contributed by atoms with Crippen molar-refractivity contribution in [1.29, 1.82) is 0 Å². The largest absolute Gasteiger partial charge is 0.334 e. The third kappa shape index (κ3) is 4.52. The van der Waals surface area contributed by atoms with Crippen LogP contribution in [0.15, 0.2) is 67.0 Å². The Bertz CT molecular complexity index is 860. The topological polar surface area (TPSA) is 38.1 Å². The fraction of sp³-hybridized carbons (Fsp3) is 0.238. The minimum atomic E-state index is 0.00103. The van der Waals surface area contributed by atoms with Crippen molar-refractivity contribution in [3.8, 4) is 0 Å². The number of benzene rings is 2.